The first-order chi connectivity index (χ1) is 15.6. The van der Waals surface area contributed by atoms with Crippen molar-refractivity contribution in [2.45, 2.75) is 58.2 Å². The Bertz CT molecular complexity index is 1240. The van der Waals surface area contributed by atoms with E-state index in [-0.39, 0.29) is 35.0 Å². The zero-order valence-electron chi connectivity index (χ0n) is 19.6. The van der Waals surface area contributed by atoms with E-state index < -0.39 is 5.60 Å². The van der Waals surface area contributed by atoms with Crippen LogP contribution in [0.2, 0.25) is 0 Å². The van der Waals surface area contributed by atoms with Crippen molar-refractivity contribution in [3.63, 3.8) is 0 Å². The van der Waals surface area contributed by atoms with Crippen molar-refractivity contribution in [3.8, 4) is 0 Å². The van der Waals surface area contributed by atoms with Crippen LogP contribution in [0, 0.1) is 5.92 Å². The molecule has 0 spiro atoms. The van der Waals surface area contributed by atoms with Crippen LogP contribution in [0.25, 0.3) is 5.65 Å². The van der Waals surface area contributed by atoms with E-state index in [2.05, 4.69) is 26.0 Å². The molecule has 1 aliphatic carbocycles. The van der Waals surface area contributed by atoms with Crippen molar-refractivity contribution in [2.24, 2.45) is 5.92 Å². The molecule has 4 rings (SSSR count). The second-order valence-electron chi connectivity index (χ2n) is 9.15. The number of anilines is 3. The van der Waals surface area contributed by atoms with E-state index >= 15 is 0 Å². The van der Waals surface area contributed by atoms with Gasteiger partial charge >= 0.3 is 0 Å². The van der Waals surface area contributed by atoms with Crippen LogP contribution in [0.5, 0.6) is 0 Å². The first-order valence-corrected chi connectivity index (χ1v) is 11.2. The van der Waals surface area contributed by atoms with Gasteiger partial charge in [-0.1, -0.05) is 6.92 Å². The summed E-state index contributed by atoms with van der Waals surface area (Å²) in [6.07, 6.45) is 4.75. The molecule has 1 unspecified atom stereocenters. The molecule has 3 aromatic rings. The summed E-state index contributed by atoms with van der Waals surface area (Å²) in [7, 11) is 1.74. The molecule has 33 heavy (non-hydrogen) atoms. The fourth-order valence-corrected chi connectivity index (χ4v) is 4.31. The molecule has 1 saturated carbocycles. The van der Waals surface area contributed by atoms with Crippen LogP contribution in [-0.4, -0.2) is 48.9 Å². The molecular formula is C23H31N7O3. The van der Waals surface area contributed by atoms with Crippen molar-refractivity contribution >= 4 is 28.9 Å². The first-order valence-electron chi connectivity index (χ1n) is 11.2. The topological polar surface area (TPSA) is 126 Å². The smallest absolute Gasteiger partial charge is 0.274 e. The van der Waals surface area contributed by atoms with Gasteiger partial charge in [-0.15, -0.1) is 0 Å². The van der Waals surface area contributed by atoms with Crippen LogP contribution in [0.15, 0.2) is 35.4 Å². The lowest BCUT2D eigenvalue weighted by molar-refractivity contribution is 0.00435. The van der Waals surface area contributed by atoms with Gasteiger partial charge < -0.3 is 25.6 Å². The molecule has 4 N–H and O–H groups in total. The minimum Gasteiger partial charge on any atom is -0.388 e. The van der Waals surface area contributed by atoms with Gasteiger partial charge in [0.05, 0.1) is 17.8 Å². The van der Waals surface area contributed by atoms with E-state index in [1.54, 1.807) is 42.9 Å². The molecule has 0 saturated heterocycles. The van der Waals surface area contributed by atoms with E-state index in [1.165, 1.54) is 10.7 Å². The SMILES string of the molecule is CNc1cc(Nc2cccn(C(C)C)c2=O)nc2c(C(=O)N[C@H]3CCC(C)[C@]3(C)O)cnn12. The molecule has 3 aromatic heterocycles. The molecule has 0 aliphatic heterocycles. The maximum Gasteiger partial charge on any atom is 0.274 e. The van der Waals surface area contributed by atoms with E-state index in [4.69, 9.17) is 0 Å². The Morgan fingerprint density at radius 3 is 2.73 bits per heavy atom. The Hall–Kier alpha value is -3.40. The van der Waals surface area contributed by atoms with Gasteiger partial charge in [0, 0.05) is 25.4 Å². The van der Waals surface area contributed by atoms with Crippen molar-refractivity contribution in [1.29, 1.82) is 0 Å². The molecule has 3 heterocycles. The number of amides is 1. The number of pyridine rings is 1. The highest BCUT2D eigenvalue weighted by Crippen LogP contribution is 2.35. The Kier molecular flexibility index (Phi) is 5.87. The molecule has 1 aliphatic rings. The molecular weight excluding hydrogens is 422 g/mol. The van der Waals surface area contributed by atoms with Gasteiger partial charge in [-0.3, -0.25) is 9.59 Å². The highest BCUT2D eigenvalue weighted by Gasteiger charge is 2.43. The number of carbonyl (C=O) groups excluding carboxylic acids is 1. The number of nitrogens with one attached hydrogen (secondary N) is 3. The van der Waals surface area contributed by atoms with Gasteiger partial charge in [-0.25, -0.2) is 4.98 Å². The number of nitrogens with zero attached hydrogens (tertiary/aromatic N) is 4. The van der Waals surface area contributed by atoms with E-state index in [1.807, 2.05) is 20.8 Å². The fourth-order valence-electron chi connectivity index (χ4n) is 4.31. The van der Waals surface area contributed by atoms with E-state index in [0.717, 1.165) is 6.42 Å². The summed E-state index contributed by atoms with van der Waals surface area (Å²) in [5.41, 5.74) is -0.125. The number of fused-ring (bicyclic) bond motifs is 1. The second kappa shape index (κ2) is 8.51. The Morgan fingerprint density at radius 1 is 1.33 bits per heavy atom. The minimum atomic E-state index is -0.974. The highest BCUT2D eigenvalue weighted by atomic mass is 16.3. The lowest BCUT2D eigenvalue weighted by Crippen LogP contribution is -2.49. The number of carbonyl (C=O) groups is 1. The average Bonchev–Trinajstić information content (AvgIpc) is 3.30. The zero-order chi connectivity index (χ0) is 23.9. The van der Waals surface area contributed by atoms with Gasteiger partial charge in [0.25, 0.3) is 11.5 Å². The Balaban J connectivity index is 1.69. The molecule has 0 aromatic carbocycles. The number of hydrogen-bond donors (Lipinski definition) is 4. The van der Waals surface area contributed by atoms with E-state index in [0.29, 0.717) is 29.4 Å². The molecule has 0 radical (unpaired) electrons. The van der Waals surface area contributed by atoms with Gasteiger partial charge in [0.1, 0.15) is 22.9 Å². The van der Waals surface area contributed by atoms with Crippen LogP contribution >= 0.6 is 0 Å². The average molecular weight is 454 g/mol. The van der Waals surface area contributed by atoms with Crippen LogP contribution in [-0.2, 0) is 0 Å². The standard InChI is InChI=1S/C23H31N7O3/c1-13(2)29-10-6-7-16(22(29)32)26-18-11-19(24-5)30-20(28-18)15(12-25-30)21(31)27-17-9-8-14(3)23(17,4)33/h6-7,10-14,17,24,33H,8-9H2,1-5H3,(H,26,28)(H,27,31)/t14?,17-,23-/m0/s1. The first kappa shape index (κ1) is 22.8. The summed E-state index contributed by atoms with van der Waals surface area (Å²) in [4.78, 5) is 30.5. The normalized spacial score (nSPS) is 22.6. The molecule has 0 bridgehead atoms. The van der Waals surface area contributed by atoms with Gasteiger partial charge in [0.2, 0.25) is 0 Å². The number of rotatable bonds is 6. The summed E-state index contributed by atoms with van der Waals surface area (Å²) in [5.74, 6) is 0.750. The maximum atomic E-state index is 13.1. The molecule has 1 fully saturated rings. The van der Waals surface area contributed by atoms with Crippen molar-refractivity contribution < 1.29 is 9.90 Å². The summed E-state index contributed by atoms with van der Waals surface area (Å²) in [5, 5.41) is 24.2. The van der Waals surface area contributed by atoms with Crippen LogP contribution in [0.1, 0.15) is 56.9 Å². The number of aromatic nitrogens is 4. The number of aliphatic hydroxyl groups is 1. The van der Waals surface area contributed by atoms with Gasteiger partial charge in [-0.2, -0.15) is 9.61 Å². The lowest BCUT2D eigenvalue weighted by atomic mass is 9.92. The fraction of sp³-hybridized carbons (Fsp3) is 0.478. The van der Waals surface area contributed by atoms with Crippen LogP contribution in [0.3, 0.4) is 0 Å². The third-order valence-corrected chi connectivity index (χ3v) is 6.66. The molecule has 1 amide bonds. The predicted molar refractivity (Wildman–Crippen MR) is 127 cm³/mol. The van der Waals surface area contributed by atoms with Crippen LogP contribution in [0.4, 0.5) is 17.3 Å². The third-order valence-electron chi connectivity index (χ3n) is 6.66. The lowest BCUT2D eigenvalue weighted by Gasteiger charge is -2.30. The van der Waals surface area contributed by atoms with E-state index in [9.17, 15) is 14.7 Å². The largest absolute Gasteiger partial charge is 0.388 e. The highest BCUT2D eigenvalue weighted by molar-refractivity contribution is 6.00. The van der Waals surface area contributed by atoms with Gasteiger partial charge in [0.15, 0.2) is 5.65 Å². The molecule has 10 heteroatoms. The quantitative estimate of drug-likeness (QED) is 0.452. The number of hydrogen-bond acceptors (Lipinski definition) is 7. The predicted octanol–water partition coefficient (Wildman–Crippen LogP) is 2.54. The summed E-state index contributed by atoms with van der Waals surface area (Å²) < 4.78 is 3.17. The summed E-state index contributed by atoms with van der Waals surface area (Å²) in [6.45, 7) is 7.62. The third kappa shape index (κ3) is 4.06. The molecule has 176 valence electrons. The summed E-state index contributed by atoms with van der Waals surface area (Å²) >= 11 is 0. The van der Waals surface area contributed by atoms with Gasteiger partial charge in [-0.05, 0) is 51.7 Å². The second-order valence-corrected chi connectivity index (χ2v) is 9.15. The van der Waals surface area contributed by atoms with Crippen molar-refractivity contribution in [2.75, 3.05) is 17.7 Å². The van der Waals surface area contributed by atoms with Crippen molar-refractivity contribution in [1.82, 2.24) is 24.5 Å². The molecule has 3 atom stereocenters. The van der Waals surface area contributed by atoms with Crippen LogP contribution < -0.4 is 21.5 Å². The minimum absolute atomic E-state index is 0.0169. The Morgan fingerprint density at radius 2 is 2.09 bits per heavy atom. The monoisotopic (exact) mass is 453 g/mol. The molecule has 10 nitrogen and oxygen atoms in total. The maximum absolute atomic E-state index is 13.1. The summed E-state index contributed by atoms with van der Waals surface area (Å²) in [6, 6.07) is 4.88. The van der Waals surface area contributed by atoms with Crippen molar-refractivity contribution in [3.05, 3.63) is 46.5 Å². The zero-order valence-corrected chi connectivity index (χ0v) is 19.6. The Labute approximate surface area is 192 Å².